The van der Waals surface area contributed by atoms with Crippen molar-refractivity contribution >= 4 is 6.29 Å². The lowest BCUT2D eigenvalue weighted by Gasteiger charge is -2.10. The van der Waals surface area contributed by atoms with Crippen molar-refractivity contribution in [1.29, 1.82) is 0 Å². The molecule has 0 saturated heterocycles. The van der Waals surface area contributed by atoms with Gasteiger partial charge in [0.25, 0.3) is 0 Å². The van der Waals surface area contributed by atoms with E-state index in [1.807, 2.05) is 36.4 Å². The lowest BCUT2D eigenvalue weighted by atomic mass is 10.00. The van der Waals surface area contributed by atoms with Crippen molar-refractivity contribution in [2.75, 3.05) is 14.2 Å². The highest BCUT2D eigenvalue weighted by Crippen LogP contribution is 2.33. The first kappa shape index (κ1) is 12.2. The van der Waals surface area contributed by atoms with Crippen molar-refractivity contribution in [3.63, 3.8) is 0 Å². The highest BCUT2D eigenvalue weighted by molar-refractivity contribution is 5.87. The second-order valence-electron chi connectivity index (χ2n) is 3.77. The maximum atomic E-state index is 11.0. The van der Waals surface area contributed by atoms with E-state index in [-0.39, 0.29) is 0 Å². The van der Waals surface area contributed by atoms with Crippen LogP contribution in [0.4, 0.5) is 0 Å². The summed E-state index contributed by atoms with van der Waals surface area (Å²) in [6, 6.07) is 13.0. The maximum absolute atomic E-state index is 11.0. The summed E-state index contributed by atoms with van der Waals surface area (Å²) in [5.41, 5.74) is 2.47. The normalized spacial score (nSPS) is 9.89. The van der Waals surface area contributed by atoms with Gasteiger partial charge in [-0.15, -0.1) is 0 Å². The smallest absolute Gasteiger partial charge is 0.161 e. The van der Waals surface area contributed by atoms with Gasteiger partial charge in [-0.05, 0) is 23.3 Å². The van der Waals surface area contributed by atoms with Crippen molar-refractivity contribution in [3.8, 4) is 22.6 Å². The number of rotatable bonds is 4. The molecule has 0 atom stereocenters. The van der Waals surface area contributed by atoms with E-state index in [1.165, 1.54) is 0 Å². The van der Waals surface area contributed by atoms with Gasteiger partial charge in [-0.1, -0.05) is 30.3 Å². The molecule has 18 heavy (non-hydrogen) atoms. The summed E-state index contributed by atoms with van der Waals surface area (Å²) in [5, 5.41) is 0. The van der Waals surface area contributed by atoms with Crippen LogP contribution in [0.15, 0.2) is 42.5 Å². The number of ether oxygens (including phenoxy) is 2. The van der Waals surface area contributed by atoms with E-state index in [0.717, 1.165) is 17.4 Å². The van der Waals surface area contributed by atoms with Gasteiger partial charge in [0, 0.05) is 5.56 Å². The van der Waals surface area contributed by atoms with E-state index in [1.54, 1.807) is 20.3 Å². The van der Waals surface area contributed by atoms with Gasteiger partial charge in [0.15, 0.2) is 17.8 Å². The first-order valence-electron chi connectivity index (χ1n) is 5.56. The Kier molecular flexibility index (Phi) is 3.63. The van der Waals surface area contributed by atoms with Crippen LogP contribution in [0.25, 0.3) is 11.1 Å². The molecule has 0 unspecified atom stereocenters. The number of carbonyl (C=O) groups is 1. The predicted molar refractivity (Wildman–Crippen MR) is 70.4 cm³/mol. The molecule has 0 radical (unpaired) electrons. The Bertz CT molecular complexity index is 561. The Labute approximate surface area is 106 Å². The highest BCUT2D eigenvalue weighted by Gasteiger charge is 2.08. The third-order valence-electron chi connectivity index (χ3n) is 2.78. The van der Waals surface area contributed by atoms with Gasteiger partial charge in [0.2, 0.25) is 0 Å². The zero-order valence-corrected chi connectivity index (χ0v) is 10.3. The van der Waals surface area contributed by atoms with Gasteiger partial charge < -0.3 is 9.47 Å². The zero-order valence-electron chi connectivity index (χ0n) is 10.3. The number of benzene rings is 2. The third-order valence-corrected chi connectivity index (χ3v) is 2.78. The molecule has 92 valence electrons. The average Bonchev–Trinajstić information content (AvgIpc) is 2.46. The van der Waals surface area contributed by atoms with Gasteiger partial charge >= 0.3 is 0 Å². The summed E-state index contributed by atoms with van der Waals surface area (Å²) in [6.45, 7) is 0. The van der Waals surface area contributed by atoms with Crippen LogP contribution in [0, 0.1) is 0 Å². The molecule has 0 saturated carbocycles. The predicted octanol–water partition coefficient (Wildman–Crippen LogP) is 3.18. The molecule has 3 nitrogen and oxygen atoms in total. The lowest BCUT2D eigenvalue weighted by Crippen LogP contribution is -1.92. The van der Waals surface area contributed by atoms with Crippen molar-refractivity contribution in [1.82, 2.24) is 0 Å². The van der Waals surface area contributed by atoms with Crippen LogP contribution >= 0.6 is 0 Å². The summed E-state index contributed by atoms with van der Waals surface area (Å²) >= 11 is 0. The molecule has 0 aliphatic heterocycles. The first-order valence-corrected chi connectivity index (χ1v) is 5.56. The molecule has 2 aromatic carbocycles. The maximum Gasteiger partial charge on any atom is 0.161 e. The zero-order chi connectivity index (χ0) is 13.0. The topological polar surface area (TPSA) is 35.5 Å². The Morgan fingerprint density at radius 2 is 1.67 bits per heavy atom. The number of hydrogen-bond acceptors (Lipinski definition) is 3. The van der Waals surface area contributed by atoms with Crippen LogP contribution in [0.5, 0.6) is 11.5 Å². The number of hydrogen-bond donors (Lipinski definition) is 0. The standard InChI is InChI=1S/C15H14O3/c1-17-14-8-7-11(9-15(14)18-2)13-6-4-3-5-12(13)10-16/h3-10H,1-2H3. The Morgan fingerprint density at radius 3 is 2.33 bits per heavy atom. The number of aldehydes is 1. The van der Waals surface area contributed by atoms with Crippen LogP contribution in [0.1, 0.15) is 10.4 Å². The molecule has 0 spiro atoms. The van der Waals surface area contributed by atoms with Gasteiger partial charge in [-0.2, -0.15) is 0 Å². The van der Waals surface area contributed by atoms with Crippen molar-refractivity contribution < 1.29 is 14.3 Å². The molecule has 0 heterocycles. The largest absolute Gasteiger partial charge is 0.493 e. The molecule has 0 aliphatic rings. The summed E-state index contributed by atoms with van der Waals surface area (Å²) in [6.07, 6.45) is 0.853. The summed E-state index contributed by atoms with van der Waals surface area (Å²) in [4.78, 5) is 11.0. The van der Waals surface area contributed by atoms with E-state index in [9.17, 15) is 4.79 Å². The minimum atomic E-state index is 0.649. The fraction of sp³-hybridized carbons (Fsp3) is 0.133. The summed E-state index contributed by atoms with van der Waals surface area (Å²) in [5.74, 6) is 1.32. The van der Waals surface area contributed by atoms with Crippen molar-refractivity contribution in [2.24, 2.45) is 0 Å². The molecule has 0 N–H and O–H groups in total. The lowest BCUT2D eigenvalue weighted by molar-refractivity contribution is 0.112. The molecule has 3 heteroatoms. The molecule has 0 fully saturated rings. The van der Waals surface area contributed by atoms with E-state index < -0.39 is 0 Å². The van der Waals surface area contributed by atoms with Crippen LogP contribution < -0.4 is 9.47 Å². The van der Waals surface area contributed by atoms with Crippen molar-refractivity contribution in [2.45, 2.75) is 0 Å². The fourth-order valence-corrected chi connectivity index (χ4v) is 1.87. The van der Waals surface area contributed by atoms with Crippen LogP contribution in [-0.2, 0) is 0 Å². The Balaban J connectivity index is 2.54. The highest BCUT2D eigenvalue weighted by atomic mass is 16.5. The third kappa shape index (κ3) is 2.20. The molecule has 2 rings (SSSR count). The van der Waals surface area contributed by atoms with Crippen LogP contribution in [-0.4, -0.2) is 20.5 Å². The monoisotopic (exact) mass is 242 g/mol. The van der Waals surface area contributed by atoms with E-state index >= 15 is 0 Å². The van der Waals surface area contributed by atoms with Crippen LogP contribution in [0.2, 0.25) is 0 Å². The van der Waals surface area contributed by atoms with Gasteiger partial charge in [-0.25, -0.2) is 0 Å². The second-order valence-corrected chi connectivity index (χ2v) is 3.77. The Hall–Kier alpha value is -2.29. The first-order chi connectivity index (χ1) is 8.80. The summed E-state index contributed by atoms with van der Waals surface area (Å²) in [7, 11) is 3.18. The molecule has 0 aromatic heterocycles. The number of methoxy groups -OCH3 is 2. The molecule has 0 aliphatic carbocycles. The van der Waals surface area contributed by atoms with E-state index in [4.69, 9.17) is 9.47 Å². The second kappa shape index (κ2) is 5.36. The van der Waals surface area contributed by atoms with E-state index in [0.29, 0.717) is 17.1 Å². The fourth-order valence-electron chi connectivity index (χ4n) is 1.87. The Morgan fingerprint density at radius 1 is 0.944 bits per heavy atom. The minimum absolute atomic E-state index is 0.649. The minimum Gasteiger partial charge on any atom is -0.493 e. The van der Waals surface area contributed by atoms with Gasteiger partial charge in [0.1, 0.15) is 0 Å². The van der Waals surface area contributed by atoms with Gasteiger partial charge in [-0.3, -0.25) is 4.79 Å². The molecular formula is C15H14O3. The van der Waals surface area contributed by atoms with E-state index in [2.05, 4.69) is 0 Å². The van der Waals surface area contributed by atoms with Gasteiger partial charge in [0.05, 0.1) is 14.2 Å². The average molecular weight is 242 g/mol. The summed E-state index contributed by atoms with van der Waals surface area (Å²) < 4.78 is 10.4. The van der Waals surface area contributed by atoms with Crippen LogP contribution in [0.3, 0.4) is 0 Å². The molecular weight excluding hydrogens is 228 g/mol. The quantitative estimate of drug-likeness (QED) is 0.772. The molecule has 2 aromatic rings. The molecule has 0 bridgehead atoms. The molecule has 0 amide bonds. The number of carbonyl (C=O) groups excluding carboxylic acids is 1. The SMILES string of the molecule is COc1ccc(-c2ccccc2C=O)cc1OC. The van der Waals surface area contributed by atoms with Crippen molar-refractivity contribution in [3.05, 3.63) is 48.0 Å².